The predicted molar refractivity (Wildman–Crippen MR) is 74.8 cm³/mol. The second-order valence-corrected chi connectivity index (χ2v) is 4.30. The largest absolute Gasteiger partial charge is 0.375 e. The molecule has 5 heteroatoms. The van der Waals surface area contributed by atoms with Crippen LogP contribution in [0.15, 0.2) is 6.07 Å². The molecule has 1 rings (SSSR count). The number of pyridine rings is 1. The number of aryl methyl sites for hydroxylation is 2. The summed E-state index contributed by atoms with van der Waals surface area (Å²) in [4.78, 5) is 17.9. The van der Waals surface area contributed by atoms with Crippen LogP contribution in [0.5, 0.6) is 0 Å². The zero-order valence-corrected chi connectivity index (χ0v) is 11.9. The summed E-state index contributed by atoms with van der Waals surface area (Å²) in [6, 6.07) is 3.91. The van der Waals surface area contributed by atoms with Gasteiger partial charge in [-0.3, -0.25) is 9.78 Å². The minimum atomic E-state index is 0.0287. The van der Waals surface area contributed by atoms with Crippen molar-refractivity contribution in [3.63, 3.8) is 0 Å². The van der Waals surface area contributed by atoms with Crippen LogP contribution in [0.1, 0.15) is 30.8 Å². The first kappa shape index (κ1) is 15.0. The van der Waals surface area contributed by atoms with Crippen LogP contribution in [0.3, 0.4) is 0 Å². The Hall–Kier alpha value is -2.09. The summed E-state index contributed by atoms with van der Waals surface area (Å²) in [7, 11) is 0. The molecule has 0 aromatic carbocycles. The minimum Gasteiger partial charge on any atom is -0.375 e. The highest BCUT2D eigenvalue weighted by Gasteiger charge is 2.12. The van der Waals surface area contributed by atoms with Crippen LogP contribution in [-0.4, -0.2) is 35.4 Å². The number of aromatic nitrogens is 1. The zero-order valence-electron chi connectivity index (χ0n) is 11.9. The molecule has 0 aliphatic carbocycles. The van der Waals surface area contributed by atoms with Gasteiger partial charge in [-0.15, -0.1) is 0 Å². The topological polar surface area (TPSA) is 69.0 Å². The average Bonchev–Trinajstić information content (AvgIpc) is 2.37. The molecule has 19 heavy (non-hydrogen) atoms. The van der Waals surface area contributed by atoms with Gasteiger partial charge in [-0.1, -0.05) is 0 Å². The average molecular weight is 260 g/mol. The molecule has 102 valence electrons. The van der Waals surface area contributed by atoms with E-state index in [1.807, 2.05) is 20.8 Å². The number of carbonyl (C=O) groups excluding carboxylic acids is 1. The molecular weight excluding hydrogens is 240 g/mol. The van der Waals surface area contributed by atoms with Gasteiger partial charge in [0.25, 0.3) is 0 Å². The van der Waals surface area contributed by atoms with Crippen molar-refractivity contribution in [2.75, 3.05) is 25.0 Å². The smallest absolute Gasteiger partial charge is 0.241 e. The Morgan fingerprint density at radius 3 is 2.58 bits per heavy atom. The molecule has 0 saturated heterocycles. The molecule has 0 radical (unpaired) electrons. The molecule has 0 fully saturated rings. The second-order valence-electron chi connectivity index (χ2n) is 4.30. The normalized spacial score (nSPS) is 9.84. The molecule has 1 heterocycles. The van der Waals surface area contributed by atoms with E-state index in [1.165, 1.54) is 0 Å². The molecule has 1 aromatic rings. The Morgan fingerprint density at radius 1 is 1.42 bits per heavy atom. The Balaban J connectivity index is 2.84. The summed E-state index contributed by atoms with van der Waals surface area (Å²) in [6.45, 7) is 9.13. The van der Waals surface area contributed by atoms with E-state index in [2.05, 4.69) is 16.4 Å². The van der Waals surface area contributed by atoms with Crippen LogP contribution >= 0.6 is 0 Å². The summed E-state index contributed by atoms with van der Waals surface area (Å²) in [5.74, 6) is 0.0287. The minimum absolute atomic E-state index is 0.0287. The third-order valence-electron chi connectivity index (χ3n) is 2.99. The zero-order chi connectivity index (χ0) is 14.4. The lowest BCUT2D eigenvalue weighted by molar-refractivity contribution is -0.128. The van der Waals surface area contributed by atoms with Crippen LogP contribution in [0.25, 0.3) is 0 Å². The number of hydrogen-bond donors (Lipinski definition) is 1. The molecule has 0 spiro atoms. The molecule has 0 aliphatic rings. The highest BCUT2D eigenvalue weighted by molar-refractivity contribution is 5.81. The van der Waals surface area contributed by atoms with Gasteiger partial charge in [0.05, 0.1) is 23.5 Å². The Kier molecular flexibility index (Phi) is 5.31. The Labute approximate surface area is 114 Å². The van der Waals surface area contributed by atoms with Crippen molar-refractivity contribution >= 4 is 11.6 Å². The number of amides is 1. The lowest BCUT2D eigenvalue weighted by Gasteiger charge is -2.19. The van der Waals surface area contributed by atoms with E-state index < -0.39 is 0 Å². The molecule has 0 saturated carbocycles. The summed E-state index contributed by atoms with van der Waals surface area (Å²) in [6.07, 6.45) is 0. The van der Waals surface area contributed by atoms with Gasteiger partial charge in [0.2, 0.25) is 5.91 Å². The van der Waals surface area contributed by atoms with Crippen molar-refractivity contribution in [2.45, 2.75) is 27.7 Å². The molecule has 1 N–H and O–H groups in total. The first-order valence-electron chi connectivity index (χ1n) is 6.43. The maximum absolute atomic E-state index is 11.9. The lowest BCUT2D eigenvalue weighted by Crippen LogP contribution is -2.35. The Morgan fingerprint density at radius 2 is 2.05 bits per heavy atom. The molecule has 0 unspecified atom stereocenters. The number of nitrogens with one attached hydrogen (secondary N) is 1. The summed E-state index contributed by atoms with van der Waals surface area (Å²) in [5.41, 5.74) is 2.68. The number of likely N-dealkylation sites (N-methyl/N-ethyl adjacent to an activating group) is 1. The van der Waals surface area contributed by atoms with E-state index in [0.29, 0.717) is 30.0 Å². The fraction of sp³-hybridized carbons (Fsp3) is 0.500. The van der Waals surface area contributed by atoms with Crippen LogP contribution in [0, 0.1) is 25.2 Å². The third-order valence-corrected chi connectivity index (χ3v) is 2.99. The number of anilines is 1. The van der Waals surface area contributed by atoms with Gasteiger partial charge < -0.3 is 10.2 Å². The fourth-order valence-corrected chi connectivity index (χ4v) is 1.97. The van der Waals surface area contributed by atoms with Gasteiger partial charge in [-0.2, -0.15) is 5.26 Å². The van der Waals surface area contributed by atoms with Crippen molar-refractivity contribution < 1.29 is 4.79 Å². The van der Waals surface area contributed by atoms with Gasteiger partial charge >= 0.3 is 0 Å². The van der Waals surface area contributed by atoms with Crippen LogP contribution < -0.4 is 5.32 Å². The van der Waals surface area contributed by atoms with Crippen molar-refractivity contribution in [1.29, 1.82) is 5.26 Å². The van der Waals surface area contributed by atoms with E-state index in [0.717, 1.165) is 5.69 Å². The number of nitrogens with zero attached hydrogens (tertiary/aromatic N) is 3. The SMILES string of the molecule is CCN(CC)C(=O)CNc1cc(C)nc(C)c1C#N. The maximum atomic E-state index is 11.9. The van der Waals surface area contributed by atoms with Gasteiger partial charge in [0.1, 0.15) is 6.07 Å². The lowest BCUT2D eigenvalue weighted by atomic mass is 10.1. The van der Waals surface area contributed by atoms with Gasteiger partial charge in [-0.05, 0) is 33.8 Å². The first-order chi connectivity index (χ1) is 9.03. The maximum Gasteiger partial charge on any atom is 0.241 e. The summed E-state index contributed by atoms with van der Waals surface area (Å²) in [5, 5.41) is 12.2. The monoisotopic (exact) mass is 260 g/mol. The number of nitriles is 1. The van der Waals surface area contributed by atoms with Crippen LogP contribution in [0.4, 0.5) is 5.69 Å². The molecule has 1 aromatic heterocycles. The third kappa shape index (κ3) is 3.68. The molecular formula is C14H20N4O. The number of rotatable bonds is 5. The summed E-state index contributed by atoms with van der Waals surface area (Å²) < 4.78 is 0. The molecule has 0 bridgehead atoms. The van der Waals surface area contributed by atoms with E-state index in [9.17, 15) is 4.79 Å². The number of hydrogen-bond acceptors (Lipinski definition) is 4. The van der Waals surface area contributed by atoms with Gasteiger partial charge in [0.15, 0.2) is 0 Å². The van der Waals surface area contributed by atoms with E-state index in [1.54, 1.807) is 17.9 Å². The van der Waals surface area contributed by atoms with E-state index in [4.69, 9.17) is 5.26 Å². The fourth-order valence-electron chi connectivity index (χ4n) is 1.97. The standard InChI is InChI=1S/C14H20N4O/c1-5-18(6-2)14(19)9-16-13-7-10(3)17-11(4)12(13)8-15/h7H,5-6,9H2,1-4H3,(H,16,17). The highest BCUT2D eigenvalue weighted by atomic mass is 16.2. The van der Waals surface area contributed by atoms with Crippen molar-refractivity contribution in [2.24, 2.45) is 0 Å². The highest BCUT2D eigenvalue weighted by Crippen LogP contribution is 2.18. The van der Waals surface area contributed by atoms with Crippen molar-refractivity contribution in [3.8, 4) is 6.07 Å². The number of carbonyl (C=O) groups is 1. The predicted octanol–water partition coefficient (Wildman–Crippen LogP) is 1.85. The van der Waals surface area contributed by atoms with Crippen LogP contribution in [-0.2, 0) is 4.79 Å². The van der Waals surface area contributed by atoms with Crippen molar-refractivity contribution in [1.82, 2.24) is 9.88 Å². The Bertz CT molecular complexity index is 501. The second kappa shape index (κ2) is 6.74. The summed E-state index contributed by atoms with van der Waals surface area (Å²) >= 11 is 0. The molecule has 1 amide bonds. The molecule has 0 aliphatic heterocycles. The van der Waals surface area contributed by atoms with Crippen molar-refractivity contribution in [3.05, 3.63) is 23.0 Å². The van der Waals surface area contributed by atoms with Gasteiger partial charge in [0, 0.05) is 18.8 Å². The van der Waals surface area contributed by atoms with E-state index in [-0.39, 0.29) is 12.5 Å². The molecule has 0 atom stereocenters. The van der Waals surface area contributed by atoms with Crippen LogP contribution in [0.2, 0.25) is 0 Å². The quantitative estimate of drug-likeness (QED) is 0.877. The van der Waals surface area contributed by atoms with Gasteiger partial charge in [-0.25, -0.2) is 0 Å². The first-order valence-corrected chi connectivity index (χ1v) is 6.43. The van der Waals surface area contributed by atoms with E-state index >= 15 is 0 Å². The molecule has 5 nitrogen and oxygen atoms in total.